The van der Waals surface area contributed by atoms with Crippen molar-refractivity contribution in [1.29, 1.82) is 0 Å². The fourth-order valence-corrected chi connectivity index (χ4v) is 1.57. The number of nitrogens with zero attached hydrogens (tertiary/aromatic N) is 1. The second-order valence-electron chi connectivity index (χ2n) is 4.66. The summed E-state index contributed by atoms with van der Waals surface area (Å²) in [5, 5.41) is 2.72. The predicted molar refractivity (Wildman–Crippen MR) is 80.2 cm³/mol. The van der Waals surface area contributed by atoms with Crippen molar-refractivity contribution in [2.45, 2.75) is 13.0 Å². The van der Waals surface area contributed by atoms with Crippen molar-refractivity contribution in [1.82, 2.24) is 5.32 Å². The third-order valence-corrected chi connectivity index (χ3v) is 2.79. The Kier molecular flexibility index (Phi) is 6.11. The topological polar surface area (TPSA) is 76.8 Å². The van der Waals surface area contributed by atoms with E-state index in [9.17, 15) is 4.79 Å². The molecule has 3 N–H and O–H groups in total. The molecule has 0 aliphatic heterocycles. The first-order valence-electron chi connectivity index (χ1n) is 6.46. The number of hydrogen-bond donors (Lipinski definition) is 2. The molecule has 0 spiro atoms. The van der Waals surface area contributed by atoms with E-state index in [0.717, 1.165) is 5.69 Å². The first kappa shape index (κ1) is 16.1. The van der Waals surface area contributed by atoms with E-state index in [2.05, 4.69) is 5.32 Å². The molecule has 0 heterocycles. The summed E-state index contributed by atoms with van der Waals surface area (Å²) >= 11 is 0. The van der Waals surface area contributed by atoms with E-state index in [0.29, 0.717) is 24.6 Å². The molecule has 1 atom stereocenters. The van der Waals surface area contributed by atoms with Gasteiger partial charge in [0.2, 0.25) is 0 Å². The molecule has 1 rings (SSSR count). The fraction of sp³-hybridized carbons (Fsp3) is 0.500. The van der Waals surface area contributed by atoms with Crippen molar-refractivity contribution < 1.29 is 14.3 Å². The molecule has 0 aliphatic carbocycles. The molecule has 0 aliphatic rings. The SMILES string of the molecule is COCCNC(=O)C(C)Oc1cc(N(C)C)ccc1N. The van der Waals surface area contributed by atoms with Gasteiger partial charge in [-0.15, -0.1) is 0 Å². The lowest BCUT2D eigenvalue weighted by molar-refractivity contribution is -0.127. The molecule has 1 unspecified atom stereocenters. The number of nitrogen functional groups attached to an aromatic ring is 1. The summed E-state index contributed by atoms with van der Waals surface area (Å²) in [5.74, 6) is 0.308. The maximum atomic E-state index is 11.8. The molecule has 6 nitrogen and oxygen atoms in total. The number of nitrogens with one attached hydrogen (secondary N) is 1. The van der Waals surface area contributed by atoms with Gasteiger partial charge in [-0.1, -0.05) is 0 Å². The van der Waals surface area contributed by atoms with Crippen molar-refractivity contribution in [3.63, 3.8) is 0 Å². The molecule has 0 bridgehead atoms. The molecule has 20 heavy (non-hydrogen) atoms. The average Bonchev–Trinajstić information content (AvgIpc) is 2.41. The maximum Gasteiger partial charge on any atom is 0.260 e. The van der Waals surface area contributed by atoms with Gasteiger partial charge in [-0.25, -0.2) is 0 Å². The summed E-state index contributed by atoms with van der Waals surface area (Å²) < 4.78 is 10.5. The Morgan fingerprint density at radius 3 is 2.75 bits per heavy atom. The van der Waals surface area contributed by atoms with Crippen LogP contribution in [0.1, 0.15) is 6.92 Å². The van der Waals surface area contributed by atoms with Gasteiger partial charge in [0.1, 0.15) is 5.75 Å². The van der Waals surface area contributed by atoms with Crippen LogP contribution in [-0.2, 0) is 9.53 Å². The molecule has 0 saturated carbocycles. The predicted octanol–water partition coefficient (Wildman–Crippen LogP) is 0.865. The first-order chi connectivity index (χ1) is 9.45. The van der Waals surface area contributed by atoms with Crippen molar-refractivity contribution in [2.75, 3.05) is 45.0 Å². The van der Waals surface area contributed by atoms with Crippen molar-refractivity contribution in [3.05, 3.63) is 18.2 Å². The fourth-order valence-electron chi connectivity index (χ4n) is 1.57. The Bertz CT molecular complexity index is 449. The van der Waals surface area contributed by atoms with Crippen molar-refractivity contribution in [3.8, 4) is 5.75 Å². The number of nitrogens with two attached hydrogens (primary N) is 1. The van der Waals surface area contributed by atoms with Crippen LogP contribution in [0.5, 0.6) is 5.75 Å². The van der Waals surface area contributed by atoms with Gasteiger partial charge in [0.05, 0.1) is 12.3 Å². The van der Waals surface area contributed by atoms with Gasteiger partial charge in [0, 0.05) is 39.5 Å². The zero-order valence-electron chi connectivity index (χ0n) is 12.5. The van der Waals surface area contributed by atoms with Crippen LogP contribution < -0.4 is 20.7 Å². The van der Waals surface area contributed by atoms with E-state index in [1.165, 1.54) is 0 Å². The number of anilines is 2. The van der Waals surface area contributed by atoms with Crippen LogP contribution in [0.2, 0.25) is 0 Å². The lowest BCUT2D eigenvalue weighted by Crippen LogP contribution is -2.38. The normalized spacial score (nSPS) is 11.8. The van der Waals surface area contributed by atoms with Gasteiger partial charge in [0.25, 0.3) is 5.91 Å². The first-order valence-corrected chi connectivity index (χ1v) is 6.46. The Morgan fingerprint density at radius 2 is 2.15 bits per heavy atom. The van der Waals surface area contributed by atoms with Crippen molar-refractivity contribution in [2.24, 2.45) is 0 Å². The number of amides is 1. The highest BCUT2D eigenvalue weighted by Gasteiger charge is 2.15. The minimum Gasteiger partial charge on any atom is -0.479 e. The second-order valence-corrected chi connectivity index (χ2v) is 4.66. The molecule has 0 radical (unpaired) electrons. The Labute approximate surface area is 119 Å². The summed E-state index contributed by atoms with van der Waals surface area (Å²) in [5.41, 5.74) is 7.33. The van der Waals surface area contributed by atoms with Gasteiger partial charge in [0.15, 0.2) is 6.10 Å². The summed E-state index contributed by atoms with van der Waals surface area (Å²) in [6, 6.07) is 5.47. The highest BCUT2D eigenvalue weighted by atomic mass is 16.5. The molecule has 0 aromatic heterocycles. The van der Waals surface area contributed by atoms with E-state index in [-0.39, 0.29) is 5.91 Å². The molecular weight excluding hydrogens is 258 g/mol. The highest BCUT2D eigenvalue weighted by Crippen LogP contribution is 2.27. The van der Waals surface area contributed by atoms with Crippen LogP contribution in [0.3, 0.4) is 0 Å². The Hall–Kier alpha value is -1.95. The minimum absolute atomic E-state index is 0.197. The largest absolute Gasteiger partial charge is 0.479 e. The summed E-state index contributed by atoms with van der Waals surface area (Å²) in [4.78, 5) is 13.7. The van der Waals surface area contributed by atoms with Gasteiger partial charge in [-0.3, -0.25) is 4.79 Å². The highest BCUT2D eigenvalue weighted by molar-refractivity contribution is 5.81. The summed E-state index contributed by atoms with van der Waals surface area (Å²) in [7, 11) is 5.44. The van der Waals surface area contributed by atoms with Gasteiger partial charge in [-0.05, 0) is 19.1 Å². The zero-order chi connectivity index (χ0) is 15.1. The number of carbonyl (C=O) groups excluding carboxylic acids is 1. The zero-order valence-corrected chi connectivity index (χ0v) is 12.5. The van der Waals surface area contributed by atoms with Crippen LogP contribution >= 0.6 is 0 Å². The number of ether oxygens (including phenoxy) is 2. The Balaban J connectivity index is 2.67. The van der Waals surface area contributed by atoms with E-state index < -0.39 is 6.10 Å². The van der Waals surface area contributed by atoms with Gasteiger partial charge >= 0.3 is 0 Å². The lowest BCUT2D eigenvalue weighted by atomic mass is 10.2. The molecule has 0 saturated heterocycles. The summed E-state index contributed by atoms with van der Waals surface area (Å²) in [6.45, 7) is 2.61. The van der Waals surface area contributed by atoms with Crippen LogP contribution in [-0.4, -0.2) is 46.4 Å². The smallest absolute Gasteiger partial charge is 0.260 e. The van der Waals surface area contributed by atoms with Gasteiger partial charge < -0.3 is 25.4 Å². The monoisotopic (exact) mass is 281 g/mol. The molecular formula is C14H23N3O3. The van der Waals surface area contributed by atoms with E-state index in [4.69, 9.17) is 15.2 Å². The molecule has 1 aromatic carbocycles. The average molecular weight is 281 g/mol. The summed E-state index contributed by atoms with van der Waals surface area (Å²) in [6.07, 6.45) is -0.619. The molecule has 1 aromatic rings. The molecule has 1 amide bonds. The van der Waals surface area contributed by atoms with E-state index in [1.54, 1.807) is 20.1 Å². The van der Waals surface area contributed by atoms with E-state index in [1.807, 2.05) is 31.1 Å². The lowest BCUT2D eigenvalue weighted by Gasteiger charge is -2.19. The molecule has 112 valence electrons. The third-order valence-electron chi connectivity index (χ3n) is 2.79. The van der Waals surface area contributed by atoms with Crippen molar-refractivity contribution >= 4 is 17.3 Å². The Morgan fingerprint density at radius 1 is 1.45 bits per heavy atom. The standard InChI is InChI=1S/C14H23N3O3/c1-10(14(18)16-7-8-19-4)20-13-9-11(17(2)3)5-6-12(13)15/h5-6,9-10H,7-8,15H2,1-4H3,(H,16,18). The number of benzene rings is 1. The van der Waals surface area contributed by atoms with Crippen LogP contribution in [0.25, 0.3) is 0 Å². The van der Waals surface area contributed by atoms with Crippen LogP contribution in [0.15, 0.2) is 18.2 Å². The molecule has 0 fully saturated rings. The maximum absolute atomic E-state index is 11.8. The molecule has 6 heteroatoms. The number of hydrogen-bond acceptors (Lipinski definition) is 5. The number of carbonyl (C=O) groups is 1. The third kappa shape index (κ3) is 4.62. The van der Waals surface area contributed by atoms with Crippen LogP contribution in [0, 0.1) is 0 Å². The van der Waals surface area contributed by atoms with Gasteiger partial charge in [-0.2, -0.15) is 0 Å². The van der Waals surface area contributed by atoms with Crippen LogP contribution in [0.4, 0.5) is 11.4 Å². The quantitative estimate of drug-likeness (QED) is 0.573. The second kappa shape index (κ2) is 7.59. The number of methoxy groups -OCH3 is 1. The number of rotatable bonds is 7. The minimum atomic E-state index is -0.619. The van der Waals surface area contributed by atoms with E-state index >= 15 is 0 Å².